The second-order valence-corrected chi connectivity index (χ2v) is 5.77. The molecule has 0 atom stereocenters. The van der Waals surface area contributed by atoms with Crippen molar-refractivity contribution in [3.05, 3.63) is 46.3 Å². The van der Waals surface area contributed by atoms with Crippen LogP contribution in [0.3, 0.4) is 0 Å². The van der Waals surface area contributed by atoms with E-state index in [0.29, 0.717) is 4.52 Å². The van der Waals surface area contributed by atoms with Gasteiger partial charge in [-0.05, 0) is 17.7 Å². The van der Waals surface area contributed by atoms with Crippen LogP contribution in [0.4, 0.5) is 17.6 Å². The first-order valence-electron chi connectivity index (χ1n) is 6.73. The maximum Gasteiger partial charge on any atom is 0.435 e. The van der Waals surface area contributed by atoms with Gasteiger partial charge in [-0.1, -0.05) is 29.8 Å². The molecule has 0 saturated heterocycles. The minimum atomic E-state index is -4.82. The molecule has 0 bridgehead atoms. The third-order valence-electron chi connectivity index (χ3n) is 3.17. The van der Waals surface area contributed by atoms with Crippen LogP contribution in [0.15, 0.2) is 34.2 Å². The van der Waals surface area contributed by atoms with Crippen molar-refractivity contribution in [1.82, 2.24) is 19.6 Å². The minimum Gasteiger partial charge on any atom is -0.285 e. The molecule has 0 radical (unpaired) electrons. The molecule has 1 N–H and O–H groups in total. The van der Waals surface area contributed by atoms with Crippen LogP contribution in [-0.2, 0) is 6.18 Å². The Balaban J connectivity index is 2.34. The lowest BCUT2D eigenvalue weighted by Crippen LogP contribution is -2.20. The summed E-state index contributed by atoms with van der Waals surface area (Å²) in [6.45, 7) is 0. The normalized spacial score (nSPS) is 11.6. The highest BCUT2D eigenvalue weighted by atomic mass is 32.2. The van der Waals surface area contributed by atoms with Gasteiger partial charge in [-0.2, -0.15) is 22.8 Å². The molecule has 0 amide bonds. The molecule has 0 saturated carbocycles. The van der Waals surface area contributed by atoms with E-state index in [0.717, 1.165) is 23.9 Å². The van der Waals surface area contributed by atoms with Crippen molar-refractivity contribution in [2.45, 2.75) is 11.3 Å². The van der Waals surface area contributed by atoms with E-state index in [4.69, 9.17) is 6.42 Å². The molecular formula is C15H8F4N4OS. The van der Waals surface area contributed by atoms with E-state index in [1.807, 2.05) is 0 Å². The summed E-state index contributed by atoms with van der Waals surface area (Å²) in [5.41, 5.74) is -2.82. The van der Waals surface area contributed by atoms with Crippen molar-refractivity contribution in [2.75, 3.05) is 5.75 Å². The number of fused-ring (bicyclic) bond motifs is 1. The zero-order chi connectivity index (χ0) is 18.2. The van der Waals surface area contributed by atoms with Crippen molar-refractivity contribution in [2.24, 2.45) is 0 Å². The predicted molar refractivity (Wildman–Crippen MR) is 83.6 cm³/mol. The van der Waals surface area contributed by atoms with E-state index in [2.05, 4.69) is 21.0 Å². The van der Waals surface area contributed by atoms with E-state index >= 15 is 0 Å². The number of hydrogen-bond acceptors (Lipinski definition) is 4. The van der Waals surface area contributed by atoms with Crippen molar-refractivity contribution >= 4 is 17.4 Å². The van der Waals surface area contributed by atoms with Crippen molar-refractivity contribution in [3.63, 3.8) is 0 Å². The van der Waals surface area contributed by atoms with Crippen LogP contribution in [0.1, 0.15) is 5.69 Å². The Morgan fingerprint density at radius 1 is 1.28 bits per heavy atom. The van der Waals surface area contributed by atoms with Crippen LogP contribution < -0.4 is 5.69 Å². The highest BCUT2D eigenvalue weighted by Crippen LogP contribution is 2.38. The molecule has 0 aliphatic rings. The number of rotatable bonds is 3. The van der Waals surface area contributed by atoms with E-state index in [-0.39, 0.29) is 22.1 Å². The SMILES string of the molecule is C#CCSc1nc2c(-c3ccc(F)cc3)c(C(F)(F)F)nn2c(=O)[nH]1. The molecule has 0 unspecified atom stereocenters. The number of hydrogen-bond donors (Lipinski definition) is 1. The molecule has 0 fully saturated rings. The summed E-state index contributed by atoms with van der Waals surface area (Å²) in [5, 5.41) is 3.41. The van der Waals surface area contributed by atoms with Crippen molar-refractivity contribution < 1.29 is 17.6 Å². The fourth-order valence-corrected chi connectivity index (χ4v) is 2.71. The van der Waals surface area contributed by atoms with Crippen LogP contribution >= 0.6 is 11.8 Å². The Kier molecular flexibility index (Phi) is 4.26. The van der Waals surface area contributed by atoms with Crippen LogP contribution in [0.5, 0.6) is 0 Å². The summed E-state index contributed by atoms with van der Waals surface area (Å²) in [5.74, 6) is 1.89. The molecule has 2 heterocycles. The van der Waals surface area contributed by atoms with E-state index in [9.17, 15) is 22.4 Å². The lowest BCUT2D eigenvalue weighted by molar-refractivity contribution is -0.140. The molecule has 0 aliphatic carbocycles. The molecule has 3 rings (SSSR count). The van der Waals surface area contributed by atoms with Crippen LogP contribution in [0, 0.1) is 18.2 Å². The van der Waals surface area contributed by atoms with Gasteiger partial charge in [-0.3, -0.25) is 4.98 Å². The van der Waals surface area contributed by atoms with Crippen LogP contribution in [-0.4, -0.2) is 25.3 Å². The quantitative estimate of drug-likeness (QED) is 0.439. The Morgan fingerprint density at radius 2 is 1.96 bits per heavy atom. The standard InChI is InChI=1S/C15H8F4N4OS/c1-2-7-25-13-20-12-10(8-3-5-9(16)6-4-8)11(15(17,18)19)22-23(12)14(24)21-13/h1,3-6H,7H2,(H,20,21,24). The predicted octanol–water partition coefficient (Wildman–Crippen LogP) is 2.97. The molecule has 5 nitrogen and oxygen atoms in total. The number of aromatic amines is 1. The van der Waals surface area contributed by atoms with Gasteiger partial charge in [0.25, 0.3) is 0 Å². The lowest BCUT2D eigenvalue weighted by atomic mass is 10.1. The largest absolute Gasteiger partial charge is 0.435 e. The van der Waals surface area contributed by atoms with Crippen LogP contribution in [0.25, 0.3) is 16.8 Å². The van der Waals surface area contributed by atoms with E-state index in [1.165, 1.54) is 12.1 Å². The molecule has 1 aromatic carbocycles. The number of aromatic nitrogens is 4. The first-order chi connectivity index (χ1) is 11.8. The zero-order valence-corrected chi connectivity index (χ0v) is 13.1. The maximum atomic E-state index is 13.4. The Morgan fingerprint density at radius 3 is 2.56 bits per heavy atom. The Hall–Kier alpha value is -2.80. The number of thioether (sulfide) groups is 1. The molecule has 128 valence electrons. The van der Waals surface area contributed by atoms with Gasteiger partial charge in [0.2, 0.25) is 0 Å². The monoisotopic (exact) mass is 368 g/mol. The molecule has 0 spiro atoms. The third-order valence-corrected chi connectivity index (χ3v) is 3.95. The lowest BCUT2D eigenvalue weighted by Gasteiger charge is -2.06. The number of benzene rings is 1. The molecule has 25 heavy (non-hydrogen) atoms. The zero-order valence-electron chi connectivity index (χ0n) is 12.3. The highest BCUT2D eigenvalue weighted by molar-refractivity contribution is 7.99. The number of terminal acetylenes is 1. The van der Waals surface area contributed by atoms with Gasteiger partial charge in [0, 0.05) is 0 Å². The second kappa shape index (κ2) is 6.25. The van der Waals surface area contributed by atoms with Gasteiger partial charge in [-0.25, -0.2) is 14.2 Å². The Bertz CT molecular complexity index is 1030. The number of H-pyrrole nitrogens is 1. The second-order valence-electron chi connectivity index (χ2n) is 4.80. The highest BCUT2D eigenvalue weighted by Gasteiger charge is 2.39. The van der Waals surface area contributed by atoms with E-state index < -0.39 is 28.9 Å². The number of nitrogens with one attached hydrogen (secondary N) is 1. The van der Waals surface area contributed by atoms with Crippen molar-refractivity contribution in [1.29, 1.82) is 0 Å². The first kappa shape index (κ1) is 17.0. The summed E-state index contributed by atoms with van der Waals surface area (Å²) in [6, 6.07) is 4.36. The summed E-state index contributed by atoms with van der Waals surface area (Å²) in [4.78, 5) is 18.4. The van der Waals surface area contributed by atoms with E-state index in [1.54, 1.807) is 0 Å². The van der Waals surface area contributed by atoms with Gasteiger partial charge in [0.15, 0.2) is 16.5 Å². The topological polar surface area (TPSA) is 63.1 Å². The number of alkyl halides is 3. The van der Waals surface area contributed by atoms with Gasteiger partial charge in [0.1, 0.15) is 5.82 Å². The maximum absolute atomic E-state index is 13.4. The van der Waals surface area contributed by atoms with Crippen molar-refractivity contribution in [3.8, 4) is 23.5 Å². The van der Waals surface area contributed by atoms with Gasteiger partial charge in [-0.15, -0.1) is 6.42 Å². The molecule has 2 aromatic heterocycles. The summed E-state index contributed by atoms with van der Waals surface area (Å²) < 4.78 is 53.7. The van der Waals surface area contributed by atoms with Gasteiger partial charge in [0.05, 0.1) is 11.3 Å². The number of halogens is 4. The minimum absolute atomic E-state index is 0.0368. The average Bonchev–Trinajstić information content (AvgIpc) is 2.94. The Labute approximate surface area is 142 Å². The summed E-state index contributed by atoms with van der Waals surface area (Å²) in [7, 11) is 0. The first-order valence-corrected chi connectivity index (χ1v) is 7.72. The molecular weight excluding hydrogens is 360 g/mol. The van der Waals surface area contributed by atoms with Gasteiger partial charge < -0.3 is 0 Å². The molecule has 0 aliphatic heterocycles. The average molecular weight is 368 g/mol. The smallest absolute Gasteiger partial charge is 0.285 e. The molecule has 10 heteroatoms. The fraction of sp³-hybridized carbons (Fsp3) is 0.133. The number of nitrogens with zero attached hydrogens (tertiary/aromatic N) is 3. The van der Waals surface area contributed by atoms with Gasteiger partial charge >= 0.3 is 11.9 Å². The third kappa shape index (κ3) is 3.23. The summed E-state index contributed by atoms with van der Waals surface area (Å²) in [6.07, 6.45) is 0.307. The molecule has 3 aromatic rings. The fourth-order valence-electron chi connectivity index (χ4n) is 2.18. The van der Waals surface area contributed by atoms with Crippen LogP contribution in [0.2, 0.25) is 0 Å². The summed E-state index contributed by atoms with van der Waals surface area (Å²) >= 11 is 0.987.